The van der Waals surface area contributed by atoms with Crippen LogP contribution in [0.3, 0.4) is 0 Å². The number of rotatable bonds is 6. The lowest BCUT2D eigenvalue weighted by Crippen LogP contribution is -2.51. The normalized spacial score (nSPS) is 13.9. The minimum atomic E-state index is -0.161. The number of aromatic nitrogens is 2. The summed E-state index contributed by atoms with van der Waals surface area (Å²) in [6.45, 7) is 2.08. The van der Waals surface area contributed by atoms with Crippen LogP contribution >= 0.6 is 0 Å². The molecule has 0 spiro atoms. The van der Waals surface area contributed by atoms with Gasteiger partial charge in [-0.25, -0.2) is 0 Å². The van der Waals surface area contributed by atoms with E-state index < -0.39 is 0 Å². The molecule has 0 saturated carbocycles. The average Bonchev–Trinajstić information content (AvgIpc) is 2.85. The Bertz CT molecular complexity index is 1160. The Balaban J connectivity index is 1.29. The Morgan fingerprint density at radius 3 is 2.28 bits per heavy atom. The Kier molecular flexibility index (Phi) is 6.49. The number of hydrogen-bond donors (Lipinski definition) is 0. The summed E-state index contributed by atoms with van der Waals surface area (Å²) in [6.07, 6.45) is 2.36. The number of hydrogen-bond acceptors (Lipinski definition) is 5. The zero-order chi connectivity index (χ0) is 22.5. The molecule has 0 atom stereocenters. The highest BCUT2D eigenvalue weighted by molar-refractivity contribution is 5.82. The van der Waals surface area contributed by atoms with Gasteiger partial charge >= 0.3 is 0 Å². The maximum absolute atomic E-state index is 12.8. The third-order valence-electron chi connectivity index (χ3n) is 5.82. The van der Waals surface area contributed by atoms with Crippen molar-refractivity contribution in [3.8, 4) is 5.75 Å². The van der Waals surface area contributed by atoms with Gasteiger partial charge in [-0.15, -0.1) is 0 Å². The number of carbonyl (C=O) groups is 2. The van der Waals surface area contributed by atoms with E-state index in [0.29, 0.717) is 49.9 Å². The Morgan fingerprint density at radius 2 is 1.59 bits per heavy atom. The molecule has 0 N–H and O–H groups in total. The van der Waals surface area contributed by atoms with Crippen molar-refractivity contribution in [2.45, 2.75) is 19.4 Å². The molecule has 2 aromatic carbocycles. The minimum absolute atomic E-state index is 0.0617. The second-order valence-corrected chi connectivity index (χ2v) is 7.79. The van der Waals surface area contributed by atoms with Crippen molar-refractivity contribution in [3.05, 3.63) is 70.5 Å². The van der Waals surface area contributed by atoms with Gasteiger partial charge in [0.15, 0.2) is 0 Å². The van der Waals surface area contributed by atoms with Crippen molar-refractivity contribution < 1.29 is 14.3 Å². The summed E-state index contributed by atoms with van der Waals surface area (Å²) in [6, 6.07) is 14.9. The summed E-state index contributed by atoms with van der Waals surface area (Å²) in [4.78, 5) is 41.0. The van der Waals surface area contributed by atoms with Crippen molar-refractivity contribution in [1.29, 1.82) is 0 Å². The molecule has 1 fully saturated rings. The number of ether oxygens (including phenoxy) is 1. The molecule has 2 heterocycles. The first-order valence-corrected chi connectivity index (χ1v) is 10.7. The van der Waals surface area contributed by atoms with Crippen LogP contribution in [-0.4, -0.2) is 64.7 Å². The van der Waals surface area contributed by atoms with Crippen LogP contribution < -0.4 is 10.2 Å². The summed E-state index contributed by atoms with van der Waals surface area (Å²) in [7, 11) is 1.63. The van der Waals surface area contributed by atoms with Gasteiger partial charge in [0, 0.05) is 38.0 Å². The van der Waals surface area contributed by atoms with Crippen molar-refractivity contribution >= 4 is 22.7 Å². The lowest BCUT2D eigenvalue weighted by Gasteiger charge is -2.35. The van der Waals surface area contributed by atoms with Gasteiger partial charge in [0.05, 0.1) is 18.8 Å². The molecule has 32 heavy (non-hydrogen) atoms. The molecule has 1 aliphatic rings. The van der Waals surface area contributed by atoms with Gasteiger partial charge in [0.2, 0.25) is 17.2 Å². The van der Waals surface area contributed by atoms with E-state index in [1.165, 1.54) is 6.20 Å². The van der Waals surface area contributed by atoms with Gasteiger partial charge in [0.25, 0.3) is 0 Å². The van der Waals surface area contributed by atoms with Crippen LogP contribution in [0, 0.1) is 0 Å². The summed E-state index contributed by atoms with van der Waals surface area (Å²) in [5.41, 5.74) is 1.57. The molecule has 1 saturated heterocycles. The number of amides is 2. The number of carbonyl (C=O) groups excluding carboxylic acids is 2. The van der Waals surface area contributed by atoms with Crippen LogP contribution in [0.25, 0.3) is 10.9 Å². The SMILES string of the molecule is COc1ccc(CCC(=O)N2CCN(C(=O)Cn3ncc(=O)c4ccccc43)CC2)cc1. The van der Waals surface area contributed by atoms with Gasteiger partial charge in [-0.1, -0.05) is 24.3 Å². The molecule has 1 aromatic heterocycles. The van der Waals surface area contributed by atoms with Crippen LogP contribution in [0.5, 0.6) is 5.75 Å². The first-order valence-electron chi connectivity index (χ1n) is 10.7. The largest absolute Gasteiger partial charge is 0.497 e. The first kappa shape index (κ1) is 21.5. The molecule has 0 unspecified atom stereocenters. The predicted molar refractivity (Wildman–Crippen MR) is 120 cm³/mol. The third-order valence-corrected chi connectivity index (χ3v) is 5.82. The highest BCUT2D eigenvalue weighted by Crippen LogP contribution is 2.14. The van der Waals surface area contributed by atoms with Gasteiger partial charge in [-0.3, -0.25) is 19.1 Å². The maximum atomic E-state index is 12.8. The first-order chi connectivity index (χ1) is 15.5. The smallest absolute Gasteiger partial charge is 0.244 e. The van der Waals surface area contributed by atoms with Crippen LogP contribution in [0.1, 0.15) is 12.0 Å². The lowest BCUT2D eigenvalue weighted by molar-refractivity contribution is -0.140. The number of benzene rings is 2. The molecule has 2 amide bonds. The van der Waals surface area contributed by atoms with E-state index in [-0.39, 0.29) is 23.8 Å². The average molecular weight is 434 g/mol. The zero-order valence-electron chi connectivity index (χ0n) is 18.1. The molecule has 0 radical (unpaired) electrons. The second-order valence-electron chi connectivity index (χ2n) is 7.79. The van der Waals surface area contributed by atoms with E-state index in [9.17, 15) is 14.4 Å². The molecule has 4 rings (SSSR count). The number of aryl methyl sites for hydroxylation is 1. The number of methoxy groups -OCH3 is 1. The fraction of sp³-hybridized carbons (Fsp3) is 0.333. The Labute approximate surface area is 186 Å². The van der Waals surface area contributed by atoms with Crippen molar-refractivity contribution in [3.63, 3.8) is 0 Å². The number of fused-ring (bicyclic) bond motifs is 1. The zero-order valence-corrected chi connectivity index (χ0v) is 18.1. The summed E-state index contributed by atoms with van der Waals surface area (Å²) in [5, 5.41) is 4.68. The van der Waals surface area contributed by atoms with Crippen LogP contribution in [0.15, 0.2) is 59.5 Å². The molecule has 1 aliphatic heterocycles. The molecule has 3 aromatic rings. The minimum Gasteiger partial charge on any atom is -0.497 e. The van der Waals surface area contributed by atoms with Gasteiger partial charge in [0.1, 0.15) is 12.3 Å². The quantitative estimate of drug-likeness (QED) is 0.590. The molecular weight excluding hydrogens is 408 g/mol. The Hall–Kier alpha value is -3.68. The third kappa shape index (κ3) is 4.80. The Morgan fingerprint density at radius 1 is 0.938 bits per heavy atom. The van der Waals surface area contributed by atoms with Gasteiger partial charge in [-0.2, -0.15) is 5.10 Å². The highest BCUT2D eigenvalue weighted by atomic mass is 16.5. The highest BCUT2D eigenvalue weighted by Gasteiger charge is 2.24. The molecule has 8 heteroatoms. The fourth-order valence-corrected chi connectivity index (χ4v) is 3.92. The summed E-state index contributed by atoms with van der Waals surface area (Å²) < 4.78 is 6.72. The van der Waals surface area contributed by atoms with Crippen LogP contribution in [0.2, 0.25) is 0 Å². The molecular formula is C24H26N4O4. The van der Waals surface area contributed by atoms with Crippen molar-refractivity contribution in [1.82, 2.24) is 19.6 Å². The van der Waals surface area contributed by atoms with E-state index in [4.69, 9.17) is 4.74 Å². The van der Waals surface area contributed by atoms with E-state index >= 15 is 0 Å². The maximum Gasteiger partial charge on any atom is 0.244 e. The predicted octanol–water partition coefficient (Wildman–Crippen LogP) is 1.71. The lowest BCUT2D eigenvalue weighted by atomic mass is 10.1. The summed E-state index contributed by atoms with van der Waals surface area (Å²) in [5.74, 6) is 0.823. The van der Waals surface area contributed by atoms with Crippen molar-refractivity contribution in [2.24, 2.45) is 0 Å². The van der Waals surface area contributed by atoms with E-state index in [1.54, 1.807) is 34.9 Å². The monoisotopic (exact) mass is 434 g/mol. The van der Waals surface area contributed by atoms with E-state index in [2.05, 4.69) is 5.10 Å². The van der Waals surface area contributed by atoms with Crippen LogP contribution in [0.4, 0.5) is 0 Å². The number of nitrogens with zero attached hydrogens (tertiary/aromatic N) is 4. The topological polar surface area (TPSA) is 84.7 Å². The van der Waals surface area contributed by atoms with E-state index in [1.807, 2.05) is 35.2 Å². The van der Waals surface area contributed by atoms with Crippen molar-refractivity contribution in [2.75, 3.05) is 33.3 Å². The summed E-state index contributed by atoms with van der Waals surface area (Å²) >= 11 is 0. The number of para-hydroxylation sites is 1. The van der Waals surface area contributed by atoms with E-state index in [0.717, 1.165) is 11.3 Å². The molecule has 8 nitrogen and oxygen atoms in total. The number of piperazine rings is 1. The van der Waals surface area contributed by atoms with Gasteiger partial charge < -0.3 is 14.5 Å². The molecule has 0 bridgehead atoms. The van der Waals surface area contributed by atoms with Crippen LogP contribution in [-0.2, 0) is 22.6 Å². The van der Waals surface area contributed by atoms with Gasteiger partial charge in [-0.05, 0) is 36.2 Å². The molecule has 166 valence electrons. The second kappa shape index (κ2) is 9.64. The molecule has 0 aliphatic carbocycles. The fourth-order valence-electron chi connectivity index (χ4n) is 3.92. The standard InChI is InChI=1S/C24H26N4O4/c1-32-19-9-6-18(7-10-19)8-11-23(30)26-12-14-27(15-13-26)24(31)17-28-21-5-3-2-4-20(21)22(29)16-25-28/h2-7,9-10,16H,8,11-15,17H2,1H3.